The highest BCUT2D eigenvalue weighted by atomic mass is 14.9. The van der Waals surface area contributed by atoms with Crippen molar-refractivity contribution in [1.82, 2.24) is 10.3 Å². The number of fused-ring (bicyclic) bond motifs is 1. The Kier molecular flexibility index (Phi) is 3.38. The van der Waals surface area contributed by atoms with Gasteiger partial charge in [-0.1, -0.05) is 13.0 Å². The highest BCUT2D eigenvalue weighted by Crippen LogP contribution is 2.57. The Bertz CT molecular complexity index is 405. The number of pyridine rings is 1. The molecule has 0 bridgehead atoms. The zero-order chi connectivity index (χ0) is 12.5. The molecule has 2 aliphatic rings. The first-order chi connectivity index (χ1) is 8.78. The highest BCUT2D eigenvalue weighted by Gasteiger charge is 2.47. The molecule has 0 aliphatic heterocycles. The van der Waals surface area contributed by atoms with Crippen LogP contribution in [0.25, 0.3) is 0 Å². The number of hydrogen-bond acceptors (Lipinski definition) is 2. The van der Waals surface area contributed by atoms with Crippen molar-refractivity contribution in [3.8, 4) is 0 Å². The van der Waals surface area contributed by atoms with E-state index in [1.807, 2.05) is 6.20 Å². The van der Waals surface area contributed by atoms with E-state index < -0.39 is 0 Å². The molecule has 0 aromatic carbocycles. The minimum Gasteiger partial charge on any atom is -0.310 e. The molecule has 3 atom stereocenters. The monoisotopic (exact) mass is 244 g/mol. The summed E-state index contributed by atoms with van der Waals surface area (Å²) in [6, 6.07) is 2.84. The zero-order valence-corrected chi connectivity index (χ0v) is 11.5. The third-order valence-corrected chi connectivity index (χ3v) is 4.62. The molecule has 0 spiro atoms. The van der Waals surface area contributed by atoms with Crippen molar-refractivity contribution in [3.05, 3.63) is 29.6 Å². The van der Waals surface area contributed by atoms with Crippen LogP contribution in [0.1, 0.15) is 49.8 Å². The van der Waals surface area contributed by atoms with Crippen LogP contribution in [0.5, 0.6) is 0 Å². The summed E-state index contributed by atoms with van der Waals surface area (Å²) < 4.78 is 0. The summed E-state index contributed by atoms with van der Waals surface area (Å²) in [6.07, 6.45) is 9.58. The molecule has 0 amide bonds. The van der Waals surface area contributed by atoms with Gasteiger partial charge in [0.1, 0.15) is 0 Å². The first-order valence-electron chi connectivity index (χ1n) is 7.43. The molecule has 2 heteroatoms. The molecule has 3 rings (SSSR count). The van der Waals surface area contributed by atoms with Crippen LogP contribution in [0.15, 0.2) is 18.5 Å². The van der Waals surface area contributed by atoms with Gasteiger partial charge in [-0.25, -0.2) is 0 Å². The Balaban J connectivity index is 1.76. The lowest BCUT2D eigenvalue weighted by atomic mass is 9.89. The number of hydrogen-bond donors (Lipinski definition) is 1. The summed E-state index contributed by atoms with van der Waals surface area (Å²) in [7, 11) is 0. The molecule has 1 N–H and O–H groups in total. The Morgan fingerprint density at radius 1 is 1.28 bits per heavy atom. The molecule has 0 saturated heterocycles. The smallest absolute Gasteiger partial charge is 0.0364 e. The van der Waals surface area contributed by atoms with E-state index in [4.69, 9.17) is 0 Å². The maximum atomic E-state index is 4.37. The summed E-state index contributed by atoms with van der Waals surface area (Å²) in [5.41, 5.74) is 2.67. The summed E-state index contributed by atoms with van der Waals surface area (Å²) in [5.74, 6) is 2.95. The van der Waals surface area contributed by atoms with E-state index in [1.54, 1.807) is 0 Å². The second kappa shape index (κ2) is 5.00. The molecule has 2 nitrogen and oxygen atoms in total. The third kappa shape index (κ3) is 2.44. The van der Waals surface area contributed by atoms with Crippen LogP contribution in [-0.2, 0) is 0 Å². The van der Waals surface area contributed by atoms with Crippen LogP contribution in [0, 0.1) is 24.7 Å². The summed E-state index contributed by atoms with van der Waals surface area (Å²) in [4.78, 5) is 4.37. The number of aryl methyl sites for hydroxylation is 1. The lowest BCUT2D eigenvalue weighted by Gasteiger charge is -2.26. The van der Waals surface area contributed by atoms with Gasteiger partial charge in [0.15, 0.2) is 0 Å². The van der Waals surface area contributed by atoms with Crippen molar-refractivity contribution in [3.63, 3.8) is 0 Å². The van der Waals surface area contributed by atoms with Crippen LogP contribution < -0.4 is 5.32 Å². The topological polar surface area (TPSA) is 24.9 Å². The third-order valence-electron chi connectivity index (χ3n) is 4.62. The van der Waals surface area contributed by atoms with E-state index in [1.165, 1.54) is 36.8 Å². The fourth-order valence-electron chi connectivity index (χ4n) is 3.64. The second-order valence-corrected chi connectivity index (χ2v) is 6.21. The predicted molar refractivity (Wildman–Crippen MR) is 74.3 cm³/mol. The minimum absolute atomic E-state index is 0.533. The standard InChI is InChI=1S/C16H24N2/c1-3-4-18-16(14-7-12-6-13(12)8-14)15-5-11(2)9-17-10-15/h5,9-10,12-14,16,18H,3-4,6-8H2,1-2H3. The van der Waals surface area contributed by atoms with E-state index in [0.29, 0.717) is 6.04 Å². The first kappa shape index (κ1) is 12.2. The molecule has 2 saturated carbocycles. The van der Waals surface area contributed by atoms with E-state index in [2.05, 4.69) is 36.4 Å². The van der Waals surface area contributed by atoms with Crippen molar-refractivity contribution in [2.45, 2.75) is 45.6 Å². The molecule has 1 aromatic heterocycles. The highest BCUT2D eigenvalue weighted by molar-refractivity contribution is 5.22. The van der Waals surface area contributed by atoms with E-state index in [9.17, 15) is 0 Å². The maximum Gasteiger partial charge on any atom is 0.0364 e. The van der Waals surface area contributed by atoms with Crippen molar-refractivity contribution in [1.29, 1.82) is 0 Å². The molecular formula is C16H24N2. The van der Waals surface area contributed by atoms with Gasteiger partial charge in [0.25, 0.3) is 0 Å². The van der Waals surface area contributed by atoms with Gasteiger partial charge < -0.3 is 5.32 Å². The fourth-order valence-corrected chi connectivity index (χ4v) is 3.64. The average molecular weight is 244 g/mol. The van der Waals surface area contributed by atoms with Gasteiger partial charge in [-0.15, -0.1) is 0 Å². The largest absolute Gasteiger partial charge is 0.310 e. The fraction of sp³-hybridized carbons (Fsp3) is 0.688. The molecule has 0 radical (unpaired) electrons. The molecule has 1 aromatic rings. The summed E-state index contributed by atoms with van der Waals surface area (Å²) in [6.45, 7) is 5.49. The van der Waals surface area contributed by atoms with Gasteiger partial charge in [0.05, 0.1) is 0 Å². The maximum absolute atomic E-state index is 4.37. The number of aromatic nitrogens is 1. The van der Waals surface area contributed by atoms with Gasteiger partial charge in [-0.05, 0) is 68.0 Å². The van der Waals surface area contributed by atoms with Crippen molar-refractivity contribution < 1.29 is 0 Å². The minimum atomic E-state index is 0.533. The molecule has 18 heavy (non-hydrogen) atoms. The van der Waals surface area contributed by atoms with E-state index in [0.717, 1.165) is 24.3 Å². The lowest BCUT2D eigenvalue weighted by molar-refractivity contribution is 0.341. The van der Waals surface area contributed by atoms with Crippen molar-refractivity contribution >= 4 is 0 Å². The number of nitrogens with one attached hydrogen (secondary N) is 1. The van der Waals surface area contributed by atoms with Gasteiger partial charge >= 0.3 is 0 Å². The first-order valence-corrected chi connectivity index (χ1v) is 7.43. The van der Waals surface area contributed by atoms with E-state index >= 15 is 0 Å². The van der Waals surface area contributed by atoms with Gasteiger partial charge in [-0.3, -0.25) is 4.98 Å². The molecule has 3 unspecified atom stereocenters. The lowest BCUT2D eigenvalue weighted by Crippen LogP contribution is -2.28. The summed E-state index contributed by atoms with van der Waals surface area (Å²) in [5, 5.41) is 3.76. The van der Waals surface area contributed by atoms with Crippen LogP contribution in [0.4, 0.5) is 0 Å². The second-order valence-electron chi connectivity index (χ2n) is 6.21. The van der Waals surface area contributed by atoms with Gasteiger partial charge in [-0.2, -0.15) is 0 Å². The molecular weight excluding hydrogens is 220 g/mol. The van der Waals surface area contributed by atoms with Crippen LogP contribution in [0.3, 0.4) is 0 Å². The Hall–Kier alpha value is -0.890. The van der Waals surface area contributed by atoms with Crippen LogP contribution in [-0.4, -0.2) is 11.5 Å². The van der Waals surface area contributed by atoms with Crippen molar-refractivity contribution in [2.24, 2.45) is 17.8 Å². The van der Waals surface area contributed by atoms with Crippen LogP contribution in [0.2, 0.25) is 0 Å². The molecule has 2 fully saturated rings. The Labute approximate surface area is 110 Å². The Morgan fingerprint density at radius 2 is 2.06 bits per heavy atom. The van der Waals surface area contributed by atoms with E-state index in [-0.39, 0.29) is 0 Å². The van der Waals surface area contributed by atoms with Crippen LogP contribution >= 0.6 is 0 Å². The molecule has 98 valence electrons. The normalized spacial score (nSPS) is 31.1. The Morgan fingerprint density at radius 3 is 2.72 bits per heavy atom. The number of nitrogens with zero attached hydrogens (tertiary/aromatic N) is 1. The molecule has 2 aliphatic carbocycles. The average Bonchev–Trinajstić information content (AvgIpc) is 2.97. The SMILES string of the molecule is CCCNC(c1cncc(C)c1)C1CC2CC2C1. The van der Waals surface area contributed by atoms with Gasteiger partial charge in [0, 0.05) is 18.4 Å². The quantitative estimate of drug-likeness (QED) is 0.857. The summed E-state index contributed by atoms with van der Waals surface area (Å²) >= 11 is 0. The zero-order valence-electron chi connectivity index (χ0n) is 11.5. The predicted octanol–water partition coefficient (Wildman–Crippen LogP) is 3.48. The number of rotatable bonds is 5. The molecule has 1 heterocycles. The van der Waals surface area contributed by atoms with Crippen molar-refractivity contribution in [2.75, 3.05) is 6.54 Å². The van der Waals surface area contributed by atoms with Gasteiger partial charge in [0.2, 0.25) is 0 Å².